The molecule has 21 heavy (non-hydrogen) atoms. The highest BCUT2D eigenvalue weighted by atomic mass is 35.5. The van der Waals surface area contributed by atoms with E-state index in [4.69, 9.17) is 22.1 Å². The number of ether oxygens (including phenoxy) is 1. The third kappa shape index (κ3) is 3.66. The van der Waals surface area contributed by atoms with Gasteiger partial charge in [-0.2, -0.15) is 0 Å². The number of rotatable bonds is 5. The molecular formula is C14H15ClN2O3S. The summed E-state index contributed by atoms with van der Waals surface area (Å²) < 4.78 is 32.1. The minimum Gasteiger partial charge on any atom is -0.495 e. The second kappa shape index (κ2) is 6.34. The van der Waals surface area contributed by atoms with Crippen molar-refractivity contribution in [3.63, 3.8) is 0 Å². The van der Waals surface area contributed by atoms with Gasteiger partial charge < -0.3 is 10.5 Å². The number of nitrogens with two attached hydrogens (primary N) is 1. The Hall–Kier alpha value is -1.76. The summed E-state index contributed by atoms with van der Waals surface area (Å²) in [7, 11) is -2.25. The number of hydrogen-bond donors (Lipinski definition) is 2. The van der Waals surface area contributed by atoms with E-state index in [1.165, 1.54) is 25.3 Å². The first-order valence-corrected chi connectivity index (χ1v) is 7.98. The topological polar surface area (TPSA) is 81.4 Å². The van der Waals surface area contributed by atoms with E-state index in [1.807, 2.05) is 6.07 Å². The molecule has 0 saturated carbocycles. The lowest BCUT2D eigenvalue weighted by molar-refractivity contribution is 0.414. The second-order valence-corrected chi connectivity index (χ2v) is 6.40. The Morgan fingerprint density at radius 1 is 1.24 bits per heavy atom. The van der Waals surface area contributed by atoms with Gasteiger partial charge in [-0.05, 0) is 35.9 Å². The number of hydrogen-bond acceptors (Lipinski definition) is 4. The standard InChI is InChI=1S/C14H15ClN2O3S/c1-20-14-6-5-12(8-13(14)15)21(18,19)17-11-4-2-3-10(7-11)9-16/h2-8,17H,9,16H2,1H3. The quantitative estimate of drug-likeness (QED) is 0.885. The van der Waals surface area contributed by atoms with Crippen molar-refractivity contribution in [3.05, 3.63) is 53.1 Å². The summed E-state index contributed by atoms with van der Waals surface area (Å²) in [5.41, 5.74) is 6.82. The maximum Gasteiger partial charge on any atom is 0.261 e. The Kier molecular flexibility index (Phi) is 4.72. The lowest BCUT2D eigenvalue weighted by Crippen LogP contribution is -2.13. The fraction of sp³-hybridized carbons (Fsp3) is 0.143. The zero-order valence-corrected chi connectivity index (χ0v) is 12.9. The van der Waals surface area contributed by atoms with Crippen molar-refractivity contribution in [3.8, 4) is 5.75 Å². The molecule has 0 aliphatic rings. The van der Waals surface area contributed by atoms with Crippen molar-refractivity contribution in [1.82, 2.24) is 0 Å². The van der Waals surface area contributed by atoms with Crippen LogP contribution in [0, 0.1) is 0 Å². The fourth-order valence-corrected chi connectivity index (χ4v) is 3.19. The highest BCUT2D eigenvalue weighted by molar-refractivity contribution is 7.92. The molecule has 0 fully saturated rings. The summed E-state index contributed by atoms with van der Waals surface area (Å²) in [6, 6.07) is 11.2. The van der Waals surface area contributed by atoms with E-state index in [9.17, 15) is 8.42 Å². The number of methoxy groups -OCH3 is 1. The molecule has 0 heterocycles. The van der Waals surface area contributed by atoms with Gasteiger partial charge in [-0.25, -0.2) is 8.42 Å². The van der Waals surface area contributed by atoms with Crippen LogP contribution in [0.5, 0.6) is 5.75 Å². The van der Waals surface area contributed by atoms with E-state index in [0.717, 1.165) is 5.56 Å². The summed E-state index contributed by atoms with van der Waals surface area (Å²) in [5.74, 6) is 0.417. The predicted molar refractivity (Wildman–Crippen MR) is 83.1 cm³/mol. The Labute approximate surface area is 128 Å². The first-order valence-electron chi connectivity index (χ1n) is 6.11. The van der Waals surface area contributed by atoms with Gasteiger partial charge in [0.25, 0.3) is 10.0 Å². The minimum atomic E-state index is -3.72. The van der Waals surface area contributed by atoms with Crippen LogP contribution in [0.4, 0.5) is 5.69 Å². The molecule has 0 aliphatic heterocycles. The van der Waals surface area contributed by atoms with Gasteiger partial charge in [0.05, 0.1) is 17.0 Å². The number of halogens is 1. The smallest absolute Gasteiger partial charge is 0.261 e. The summed E-state index contributed by atoms with van der Waals surface area (Å²) >= 11 is 5.95. The van der Waals surface area contributed by atoms with E-state index < -0.39 is 10.0 Å². The van der Waals surface area contributed by atoms with E-state index >= 15 is 0 Å². The van der Waals surface area contributed by atoms with Crippen LogP contribution in [-0.4, -0.2) is 15.5 Å². The Morgan fingerprint density at radius 3 is 2.62 bits per heavy atom. The van der Waals surface area contributed by atoms with Gasteiger partial charge in [0, 0.05) is 12.2 Å². The summed E-state index contributed by atoms with van der Waals surface area (Å²) in [6.45, 7) is 0.337. The number of anilines is 1. The highest BCUT2D eigenvalue weighted by Crippen LogP contribution is 2.27. The largest absolute Gasteiger partial charge is 0.495 e. The average molecular weight is 327 g/mol. The molecule has 0 saturated heterocycles. The molecule has 112 valence electrons. The molecule has 0 bridgehead atoms. The van der Waals surface area contributed by atoms with Crippen molar-refractivity contribution in [2.24, 2.45) is 5.73 Å². The van der Waals surface area contributed by atoms with Crippen LogP contribution in [0.25, 0.3) is 0 Å². The molecule has 0 atom stereocenters. The third-order valence-electron chi connectivity index (χ3n) is 2.85. The molecule has 7 heteroatoms. The fourth-order valence-electron chi connectivity index (χ4n) is 1.79. The van der Waals surface area contributed by atoms with Gasteiger partial charge in [0.2, 0.25) is 0 Å². The van der Waals surface area contributed by atoms with Crippen LogP contribution in [0.2, 0.25) is 5.02 Å². The summed E-state index contributed by atoms with van der Waals surface area (Å²) in [6.07, 6.45) is 0. The van der Waals surface area contributed by atoms with E-state index in [0.29, 0.717) is 18.0 Å². The number of sulfonamides is 1. The molecule has 0 unspecified atom stereocenters. The maximum absolute atomic E-state index is 12.3. The highest BCUT2D eigenvalue weighted by Gasteiger charge is 2.16. The van der Waals surface area contributed by atoms with Crippen molar-refractivity contribution in [2.45, 2.75) is 11.4 Å². The van der Waals surface area contributed by atoms with E-state index in [2.05, 4.69) is 4.72 Å². The maximum atomic E-state index is 12.3. The number of nitrogens with one attached hydrogen (secondary N) is 1. The van der Waals surface area contributed by atoms with E-state index in [-0.39, 0.29) is 9.92 Å². The van der Waals surface area contributed by atoms with Crippen molar-refractivity contribution < 1.29 is 13.2 Å². The molecule has 0 amide bonds. The first kappa shape index (κ1) is 15.6. The number of benzene rings is 2. The normalized spacial score (nSPS) is 11.2. The second-order valence-electron chi connectivity index (χ2n) is 4.31. The molecule has 0 spiro atoms. The van der Waals surface area contributed by atoms with Crippen LogP contribution in [0.3, 0.4) is 0 Å². The monoisotopic (exact) mass is 326 g/mol. The van der Waals surface area contributed by atoms with Gasteiger partial charge in [-0.3, -0.25) is 4.72 Å². The zero-order valence-electron chi connectivity index (χ0n) is 11.3. The van der Waals surface area contributed by atoms with Crippen molar-refractivity contribution in [1.29, 1.82) is 0 Å². The molecule has 2 rings (SSSR count). The summed E-state index contributed by atoms with van der Waals surface area (Å²) in [4.78, 5) is 0.0615. The average Bonchev–Trinajstić information content (AvgIpc) is 2.47. The van der Waals surface area contributed by atoms with Crippen LogP contribution in [0.15, 0.2) is 47.4 Å². The van der Waals surface area contributed by atoms with Gasteiger partial charge in [0.1, 0.15) is 5.75 Å². The third-order valence-corrected chi connectivity index (χ3v) is 4.52. The molecule has 5 nitrogen and oxygen atoms in total. The molecular weight excluding hydrogens is 312 g/mol. The Bertz CT molecular complexity index is 748. The van der Waals surface area contributed by atoms with Crippen molar-refractivity contribution in [2.75, 3.05) is 11.8 Å². The van der Waals surface area contributed by atoms with Crippen LogP contribution in [-0.2, 0) is 16.6 Å². The molecule has 2 aromatic carbocycles. The molecule has 3 N–H and O–H groups in total. The lowest BCUT2D eigenvalue weighted by Gasteiger charge is -2.10. The van der Waals surface area contributed by atoms with Gasteiger partial charge in [-0.15, -0.1) is 0 Å². The van der Waals surface area contributed by atoms with Gasteiger partial charge in [-0.1, -0.05) is 23.7 Å². The van der Waals surface area contributed by atoms with Crippen LogP contribution in [0.1, 0.15) is 5.56 Å². The molecule has 0 radical (unpaired) electrons. The molecule has 0 aliphatic carbocycles. The van der Waals surface area contributed by atoms with Crippen molar-refractivity contribution >= 4 is 27.3 Å². The predicted octanol–water partition coefficient (Wildman–Crippen LogP) is 2.61. The first-order chi connectivity index (χ1) is 9.96. The Balaban J connectivity index is 2.31. The zero-order chi connectivity index (χ0) is 15.5. The van der Waals surface area contributed by atoms with Gasteiger partial charge in [0.15, 0.2) is 0 Å². The summed E-state index contributed by atoms with van der Waals surface area (Å²) in [5, 5.41) is 0.232. The minimum absolute atomic E-state index is 0.0615. The van der Waals surface area contributed by atoms with Gasteiger partial charge >= 0.3 is 0 Å². The van der Waals surface area contributed by atoms with Crippen LogP contribution < -0.4 is 15.2 Å². The molecule has 0 aromatic heterocycles. The SMILES string of the molecule is COc1ccc(S(=O)(=O)Nc2cccc(CN)c2)cc1Cl. The van der Waals surface area contributed by atoms with E-state index in [1.54, 1.807) is 18.2 Å². The Morgan fingerprint density at radius 2 is 2.00 bits per heavy atom. The lowest BCUT2D eigenvalue weighted by atomic mass is 10.2. The van der Waals surface area contributed by atoms with Crippen LogP contribution >= 0.6 is 11.6 Å². The molecule has 2 aromatic rings.